The maximum Gasteiger partial charge on any atom is 0.259 e. The van der Waals surface area contributed by atoms with E-state index in [0.29, 0.717) is 22.7 Å². The van der Waals surface area contributed by atoms with Crippen LogP contribution in [-0.4, -0.2) is 24.5 Å². The molecule has 0 saturated carbocycles. The third kappa shape index (κ3) is 6.35. The zero-order chi connectivity index (χ0) is 22.9. The predicted molar refractivity (Wildman–Crippen MR) is 125 cm³/mol. The lowest BCUT2D eigenvalue weighted by Gasteiger charge is -2.17. The lowest BCUT2D eigenvalue weighted by atomic mass is 10.1. The second-order valence-electron chi connectivity index (χ2n) is 7.60. The van der Waals surface area contributed by atoms with Crippen molar-refractivity contribution < 1.29 is 19.1 Å². The smallest absolute Gasteiger partial charge is 0.259 e. The first-order valence-electron chi connectivity index (χ1n) is 10.6. The van der Waals surface area contributed by atoms with E-state index in [9.17, 15) is 9.59 Å². The van der Waals surface area contributed by atoms with E-state index in [2.05, 4.69) is 10.6 Å². The van der Waals surface area contributed by atoms with Crippen molar-refractivity contribution in [3.05, 3.63) is 90.0 Å². The summed E-state index contributed by atoms with van der Waals surface area (Å²) in [4.78, 5) is 25.3. The number of amides is 2. The number of anilines is 1. The topological polar surface area (TPSA) is 76.7 Å². The summed E-state index contributed by atoms with van der Waals surface area (Å²) >= 11 is 0. The van der Waals surface area contributed by atoms with Gasteiger partial charge in [0.2, 0.25) is 0 Å². The van der Waals surface area contributed by atoms with Gasteiger partial charge in [0, 0.05) is 0 Å². The van der Waals surface area contributed by atoms with E-state index in [1.807, 2.05) is 63.2 Å². The molecule has 0 aromatic heterocycles. The van der Waals surface area contributed by atoms with Crippen LogP contribution in [0.15, 0.2) is 78.9 Å². The van der Waals surface area contributed by atoms with Crippen molar-refractivity contribution in [1.82, 2.24) is 5.32 Å². The summed E-state index contributed by atoms with van der Waals surface area (Å²) in [7, 11) is 0. The molecule has 3 rings (SSSR count). The maximum absolute atomic E-state index is 12.9. The normalized spacial score (nSPS) is 11.5. The zero-order valence-corrected chi connectivity index (χ0v) is 18.5. The Balaban J connectivity index is 1.64. The molecule has 166 valence electrons. The van der Waals surface area contributed by atoms with Gasteiger partial charge in [0.15, 0.2) is 6.61 Å². The number of ether oxygens (including phenoxy) is 2. The van der Waals surface area contributed by atoms with Crippen molar-refractivity contribution in [3.63, 3.8) is 0 Å². The number of carbonyl (C=O) groups is 2. The molecule has 0 bridgehead atoms. The number of para-hydroxylation sites is 3. The third-order valence-corrected chi connectivity index (χ3v) is 4.67. The predicted octanol–water partition coefficient (Wildman–Crippen LogP) is 4.98. The monoisotopic (exact) mass is 432 g/mol. The van der Waals surface area contributed by atoms with Gasteiger partial charge in [-0.3, -0.25) is 9.59 Å². The molecule has 1 atom stereocenters. The van der Waals surface area contributed by atoms with Gasteiger partial charge in [-0.25, -0.2) is 0 Å². The quantitative estimate of drug-likeness (QED) is 0.500. The van der Waals surface area contributed by atoms with Gasteiger partial charge in [-0.2, -0.15) is 0 Å². The third-order valence-electron chi connectivity index (χ3n) is 4.67. The van der Waals surface area contributed by atoms with E-state index in [-0.39, 0.29) is 30.6 Å². The Morgan fingerprint density at radius 1 is 0.812 bits per heavy atom. The lowest BCUT2D eigenvalue weighted by Crippen LogP contribution is -2.31. The van der Waals surface area contributed by atoms with Crippen molar-refractivity contribution in [3.8, 4) is 11.5 Å². The minimum Gasteiger partial charge on any atom is -0.489 e. The van der Waals surface area contributed by atoms with Crippen molar-refractivity contribution in [1.29, 1.82) is 0 Å². The number of hydrogen-bond acceptors (Lipinski definition) is 4. The maximum atomic E-state index is 12.9. The van der Waals surface area contributed by atoms with E-state index in [4.69, 9.17) is 9.47 Å². The van der Waals surface area contributed by atoms with E-state index in [0.717, 1.165) is 5.56 Å². The Hall–Kier alpha value is -3.80. The molecule has 0 radical (unpaired) electrons. The average Bonchev–Trinajstić information content (AvgIpc) is 2.79. The van der Waals surface area contributed by atoms with Crippen LogP contribution in [0.5, 0.6) is 11.5 Å². The Kier molecular flexibility index (Phi) is 7.86. The first kappa shape index (κ1) is 22.9. The van der Waals surface area contributed by atoms with E-state index in [1.54, 1.807) is 36.4 Å². The second kappa shape index (κ2) is 11.0. The van der Waals surface area contributed by atoms with E-state index in [1.165, 1.54) is 0 Å². The standard InChI is InChI=1S/C26H28N2O4/c1-18(2)32-24-16-10-8-14-22(24)28-26(30)21-13-7-9-15-23(21)31-17-25(29)27-19(3)20-11-5-4-6-12-20/h4-16,18-19H,17H2,1-3H3,(H,27,29)(H,28,30)/t19-/m0/s1. The van der Waals surface area contributed by atoms with Gasteiger partial charge in [-0.1, -0.05) is 54.6 Å². The van der Waals surface area contributed by atoms with Crippen molar-refractivity contribution in [2.24, 2.45) is 0 Å². The first-order chi connectivity index (χ1) is 15.4. The van der Waals surface area contributed by atoms with Gasteiger partial charge < -0.3 is 20.1 Å². The van der Waals surface area contributed by atoms with E-state index < -0.39 is 0 Å². The highest BCUT2D eigenvalue weighted by Gasteiger charge is 2.16. The summed E-state index contributed by atoms with van der Waals surface area (Å²) in [5.74, 6) is 0.295. The van der Waals surface area contributed by atoms with Crippen molar-refractivity contribution in [2.75, 3.05) is 11.9 Å². The molecule has 3 aromatic rings. The second-order valence-corrected chi connectivity index (χ2v) is 7.60. The highest BCUT2D eigenvalue weighted by Crippen LogP contribution is 2.27. The van der Waals surface area contributed by atoms with Crippen molar-refractivity contribution in [2.45, 2.75) is 32.9 Å². The fourth-order valence-electron chi connectivity index (χ4n) is 3.15. The van der Waals surface area contributed by atoms with Crippen LogP contribution < -0.4 is 20.1 Å². The molecule has 6 heteroatoms. The van der Waals surface area contributed by atoms with Gasteiger partial charge in [0.05, 0.1) is 23.4 Å². The number of rotatable bonds is 9. The fraction of sp³-hybridized carbons (Fsp3) is 0.231. The van der Waals surface area contributed by atoms with Crippen LogP contribution in [0.4, 0.5) is 5.69 Å². The molecule has 0 aliphatic rings. The molecule has 6 nitrogen and oxygen atoms in total. The summed E-state index contributed by atoms with van der Waals surface area (Å²) in [5.41, 5.74) is 1.90. The Labute approximate surface area is 188 Å². The molecule has 0 aliphatic carbocycles. The molecule has 0 fully saturated rings. The van der Waals surface area contributed by atoms with Gasteiger partial charge >= 0.3 is 0 Å². The summed E-state index contributed by atoms with van der Waals surface area (Å²) in [6, 6.07) is 23.6. The number of hydrogen-bond donors (Lipinski definition) is 2. The largest absolute Gasteiger partial charge is 0.489 e. The molecule has 32 heavy (non-hydrogen) atoms. The molecule has 2 amide bonds. The molecule has 0 aliphatic heterocycles. The fourth-order valence-corrected chi connectivity index (χ4v) is 3.15. The molecule has 0 heterocycles. The minimum atomic E-state index is -0.349. The van der Waals surface area contributed by atoms with Crippen LogP contribution in [0.2, 0.25) is 0 Å². The minimum absolute atomic E-state index is 0.0274. The Morgan fingerprint density at radius 3 is 2.16 bits per heavy atom. The van der Waals surface area contributed by atoms with Crippen LogP contribution in [-0.2, 0) is 4.79 Å². The molecule has 0 unspecified atom stereocenters. The van der Waals surface area contributed by atoms with Gasteiger partial charge in [-0.15, -0.1) is 0 Å². The molecule has 3 aromatic carbocycles. The number of benzene rings is 3. The van der Waals surface area contributed by atoms with Crippen LogP contribution in [0.1, 0.15) is 42.7 Å². The van der Waals surface area contributed by atoms with Crippen LogP contribution in [0, 0.1) is 0 Å². The molecule has 0 saturated heterocycles. The Morgan fingerprint density at radius 2 is 1.44 bits per heavy atom. The number of nitrogens with one attached hydrogen (secondary N) is 2. The highest BCUT2D eigenvalue weighted by atomic mass is 16.5. The van der Waals surface area contributed by atoms with E-state index >= 15 is 0 Å². The van der Waals surface area contributed by atoms with Crippen LogP contribution >= 0.6 is 0 Å². The molecular formula is C26H28N2O4. The van der Waals surface area contributed by atoms with Gasteiger partial charge in [-0.05, 0) is 50.6 Å². The Bertz CT molecular complexity index is 1050. The highest BCUT2D eigenvalue weighted by molar-refractivity contribution is 6.06. The zero-order valence-electron chi connectivity index (χ0n) is 18.5. The van der Waals surface area contributed by atoms with Crippen molar-refractivity contribution >= 4 is 17.5 Å². The van der Waals surface area contributed by atoms with Crippen LogP contribution in [0.25, 0.3) is 0 Å². The molecule has 0 spiro atoms. The van der Waals surface area contributed by atoms with Crippen LogP contribution in [0.3, 0.4) is 0 Å². The summed E-state index contributed by atoms with van der Waals surface area (Å²) in [6.45, 7) is 5.55. The summed E-state index contributed by atoms with van der Waals surface area (Å²) in [6.07, 6.45) is -0.0274. The molecular weight excluding hydrogens is 404 g/mol. The SMILES string of the molecule is CC(C)Oc1ccccc1NC(=O)c1ccccc1OCC(=O)N[C@@H](C)c1ccccc1. The molecule has 2 N–H and O–H groups in total. The van der Waals surface area contributed by atoms with Gasteiger partial charge in [0.25, 0.3) is 11.8 Å². The lowest BCUT2D eigenvalue weighted by molar-refractivity contribution is -0.123. The summed E-state index contributed by atoms with van der Waals surface area (Å²) < 4.78 is 11.5. The first-order valence-corrected chi connectivity index (χ1v) is 10.6. The summed E-state index contributed by atoms with van der Waals surface area (Å²) in [5, 5.41) is 5.77. The van der Waals surface area contributed by atoms with Gasteiger partial charge in [0.1, 0.15) is 11.5 Å². The average molecular weight is 433 g/mol. The number of carbonyl (C=O) groups excluding carboxylic acids is 2.